The van der Waals surface area contributed by atoms with Gasteiger partial charge in [-0.15, -0.1) is 0 Å². The number of aryl methyl sites for hydroxylation is 2. The van der Waals surface area contributed by atoms with E-state index in [2.05, 4.69) is 24.1 Å². The van der Waals surface area contributed by atoms with E-state index < -0.39 is 0 Å². The van der Waals surface area contributed by atoms with Crippen LogP contribution in [0.5, 0.6) is 0 Å². The van der Waals surface area contributed by atoms with Crippen molar-refractivity contribution in [2.75, 3.05) is 0 Å². The first-order chi connectivity index (χ1) is 10.1. The van der Waals surface area contributed by atoms with Crippen LogP contribution in [0.1, 0.15) is 25.2 Å². The van der Waals surface area contributed by atoms with Crippen molar-refractivity contribution in [1.29, 1.82) is 0 Å². The minimum absolute atomic E-state index is 0.180. The third-order valence-electron chi connectivity index (χ3n) is 3.28. The standard InChI is InChI=1S/C15H20N4O2/c1-12(2)17-11-15-16-8-10-18(15)9-7-13-5-3-4-6-14(13)19(20)21/h3-6,8,10,12,17H,7,9,11H2,1-2H3. The maximum Gasteiger partial charge on any atom is 0.272 e. The van der Waals surface area contributed by atoms with Gasteiger partial charge in [0, 0.05) is 36.6 Å². The average Bonchev–Trinajstić information content (AvgIpc) is 2.90. The molecule has 21 heavy (non-hydrogen) atoms. The lowest BCUT2D eigenvalue weighted by Crippen LogP contribution is -2.24. The molecule has 0 unspecified atom stereocenters. The fourth-order valence-electron chi connectivity index (χ4n) is 2.15. The molecule has 6 heteroatoms. The van der Waals surface area contributed by atoms with Gasteiger partial charge in [0.05, 0.1) is 11.5 Å². The van der Waals surface area contributed by atoms with Crippen molar-refractivity contribution in [3.8, 4) is 0 Å². The second-order valence-corrected chi connectivity index (χ2v) is 5.21. The lowest BCUT2D eigenvalue weighted by Gasteiger charge is -2.11. The molecule has 1 N–H and O–H groups in total. The number of nitro groups is 1. The molecule has 0 aliphatic carbocycles. The molecule has 0 aliphatic heterocycles. The molecule has 0 saturated heterocycles. The highest BCUT2D eigenvalue weighted by Crippen LogP contribution is 2.18. The zero-order valence-electron chi connectivity index (χ0n) is 12.3. The molecule has 0 bridgehead atoms. The Morgan fingerprint density at radius 3 is 2.86 bits per heavy atom. The minimum Gasteiger partial charge on any atom is -0.334 e. The first-order valence-electron chi connectivity index (χ1n) is 7.03. The summed E-state index contributed by atoms with van der Waals surface area (Å²) >= 11 is 0. The van der Waals surface area contributed by atoms with E-state index in [9.17, 15) is 10.1 Å². The highest BCUT2D eigenvalue weighted by Gasteiger charge is 2.12. The number of nitro benzene ring substituents is 1. The van der Waals surface area contributed by atoms with Gasteiger partial charge < -0.3 is 9.88 Å². The molecule has 2 rings (SSSR count). The van der Waals surface area contributed by atoms with E-state index in [4.69, 9.17) is 0 Å². The third-order valence-corrected chi connectivity index (χ3v) is 3.28. The molecule has 6 nitrogen and oxygen atoms in total. The maximum absolute atomic E-state index is 11.0. The van der Waals surface area contributed by atoms with Crippen molar-refractivity contribution in [2.45, 2.75) is 39.4 Å². The predicted molar refractivity (Wildman–Crippen MR) is 81.0 cm³/mol. The van der Waals surface area contributed by atoms with Crippen molar-refractivity contribution < 1.29 is 4.92 Å². The molecule has 0 aliphatic rings. The summed E-state index contributed by atoms with van der Waals surface area (Å²) in [6, 6.07) is 7.27. The molecule has 112 valence electrons. The predicted octanol–water partition coefficient (Wildman–Crippen LogP) is 2.53. The van der Waals surface area contributed by atoms with Crippen molar-refractivity contribution in [3.05, 3.63) is 58.2 Å². The number of rotatable bonds is 7. The van der Waals surface area contributed by atoms with Gasteiger partial charge in [0.1, 0.15) is 5.82 Å². The second-order valence-electron chi connectivity index (χ2n) is 5.21. The van der Waals surface area contributed by atoms with Crippen molar-refractivity contribution in [1.82, 2.24) is 14.9 Å². The Morgan fingerprint density at radius 1 is 1.38 bits per heavy atom. The fraction of sp³-hybridized carbons (Fsp3) is 0.400. The van der Waals surface area contributed by atoms with E-state index in [-0.39, 0.29) is 10.6 Å². The maximum atomic E-state index is 11.0. The Morgan fingerprint density at radius 2 is 2.14 bits per heavy atom. The monoisotopic (exact) mass is 288 g/mol. The number of hydrogen-bond donors (Lipinski definition) is 1. The highest BCUT2D eigenvalue weighted by molar-refractivity contribution is 5.39. The summed E-state index contributed by atoms with van der Waals surface area (Å²) in [5, 5.41) is 14.3. The first kappa shape index (κ1) is 15.2. The van der Waals surface area contributed by atoms with Gasteiger partial charge in [-0.25, -0.2) is 4.98 Å². The average molecular weight is 288 g/mol. The van der Waals surface area contributed by atoms with E-state index in [0.717, 1.165) is 11.4 Å². The van der Waals surface area contributed by atoms with E-state index in [0.29, 0.717) is 25.6 Å². The van der Waals surface area contributed by atoms with E-state index in [1.807, 2.05) is 16.8 Å². The Kier molecular flexibility index (Phi) is 5.05. The van der Waals surface area contributed by atoms with Crippen LogP contribution in [0.3, 0.4) is 0 Å². The van der Waals surface area contributed by atoms with Crippen LogP contribution in [-0.4, -0.2) is 20.5 Å². The molecule has 2 aromatic rings. The van der Waals surface area contributed by atoms with Crippen LogP contribution < -0.4 is 5.32 Å². The van der Waals surface area contributed by atoms with E-state index in [1.54, 1.807) is 24.4 Å². The summed E-state index contributed by atoms with van der Waals surface area (Å²) < 4.78 is 2.03. The van der Waals surface area contributed by atoms with Gasteiger partial charge in [0.25, 0.3) is 5.69 Å². The van der Waals surface area contributed by atoms with E-state index in [1.165, 1.54) is 0 Å². The quantitative estimate of drug-likeness (QED) is 0.627. The van der Waals surface area contributed by atoms with Crippen LogP contribution in [0.4, 0.5) is 5.69 Å². The third kappa shape index (κ3) is 4.13. The van der Waals surface area contributed by atoms with Crippen LogP contribution in [0.25, 0.3) is 0 Å². The minimum atomic E-state index is -0.329. The number of imidazole rings is 1. The van der Waals surface area contributed by atoms with Gasteiger partial charge >= 0.3 is 0 Å². The number of para-hydroxylation sites is 1. The van der Waals surface area contributed by atoms with Crippen LogP contribution >= 0.6 is 0 Å². The number of aromatic nitrogens is 2. The summed E-state index contributed by atoms with van der Waals surface area (Å²) in [4.78, 5) is 15.0. The molecule has 0 radical (unpaired) electrons. The molecule has 0 fully saturated rings. The van der Waals surface area contributed by atoms with Gasteiger partial charge in [-0.1, -0.05) is 32.0 Å². The summed E-state index contributed by atoms with van der Waals surface area (Å²) in [6.45, 7) is 5.54. The lowest BCUT2D eigenvalue weighted by atomic mass is 10.1. The van der Waals surface area contributed by atoms with Crippen molar-refractivity contribution in [3.63, 3.8) is 0 Å². The smallest absolute Gasteiger partial charge is 0.272 e. The van der Waals surface area contributed by atoms with Gasteiger partial charge in [0.15, 0.2) is 0 Å². The number of nitrogens with zero attached hydrogens (tertiary/aromatic N) is 3. The molecule has 1 aromatic heterocycles. The number of benzene rings is 1. The number of nitrogens with one attached hydrogen (secondary N) is 1. The molecule has 1 heterocycles. The van der Waals surface area contributed by atoms with Crippen LogP contribution in [-0.2, 0) is 19.5 Å². The van der Waals surface area contributed by atoms with Gasteiger partial charge in [-0.3, -0.25) is 10.1 Å². The largest absolute Gasteiger partial charge is 0.334 e. The molecular weight excluding hydrogens is 268 g/mol. The van der Waals surface area contributed by atoms with Gasteiger partial charge in [-0.2, -0.15) is 0 Å². The van der Waals surface area contributed by atoms with Gasteiger partial charge in [0.2, 0.25) is 0 Å². The van der Waals surface area contributed by atoms with E-state index >= 15 is 0 Å². The first-order valence-corrected chi connectivity index (χ1v) is 7.03. The SMILES string of the molecule is CC(C)NCc1nccn1CCc1ccccc1[N+](=O)[O-]. The van der Waals surface area contributed by atoms with Crippen molar-refractivity contribution >= 4 is 5.69 Å². The summed E-state index contributed by atoms with van der Waals surface area (Å²) in [5.41, 5.74) is 0.929. The van der Waals surface area contributed by atoms with Crippen LogP contribution in [0, 0.1) is 10.1 Å². The normalized spacial score (nSPS) is 11.0. The molecule has 0 amide bonds. The van der Waals surface area contributed by atoms with Crippen molar-refractivity contribution in [2.24, 2.45) is 0 Å². The fourth-order valence-corrected chi connectivity index (χ4v) is 2.15. The highest BCUT2D eigenvalue weighted by atomic mass is 16.6. The summed E-state index contributed by atoms with van der Waals surface area (Å²) in [6.07, 6.45) is 4.28. The molecule has 0 spiro atoms. The Bertz CT molecular complexity index is 607. The Labute approximate surface area is 124 Å². The number of hydrogen-bond acceptors (Lipinski definition) is 4. The molecular formula is C15H20N4O2. The molecule has 0 saturated carbocycles. The molecule has 1 aromatic carbocycles. The Balaban J connectivity index is 2.04. The topological polar surface area (TPSA) is 73.0 Å². The zero-order valence-corrected chi connectivity index (χ0v) is 12.3. The molecule has 0 atom stereocenters. The Hall–Kier alpha value is -2.21. The zero-order chi connectivity index (χ0) is 15.2. The second kappa shape index (κ2) is 6.99. The van der Waals surface area contributed by atoms with Crippen LogP contribution in [0.15, 0.2) is 36.7 Å². The lowest BCUT2D eigenvalue weighted by molar-refractivity contribution is -0.385. The van der Waals surface area contributed by atoms with Gasteiger partial charge in [-0.05, 0) is 6.42 Å². The van der Waals surface area contributed by atoms with Crippen LogP contribution in [0.2, 0.25) is 0 Å². The summed E-state index contributed by atoms with van der Waals surface area (Å²) in [5.74, 6) is 0.947. The summed E-state index contributed by atoms with van der Waals surface area (Å²) in [7, 11) is 0.